The Bertz CT molecular complexity index is 1620. The van der Waals surface area contributed by atoms with Crippen molar-refractivity contribution < 1.29 is 4.74 Å². The summed E-state index contributed by atoms with van der Waals surface area (Å²) in [5.74, 6) is 0. The van der Waals surface area contributed by atoms with Crippen molar-refractivity contribution in [3.05, 3.63) is 185 Å². The van der Waals surface area contributed by atoms with Crippen molar-refractivity contribution in [2.75, 3.05) is 10.0 Å². The molecular weight excluding hydrogens is 476 g/mol. The summed E-state index contributed by atoms with van der Waals surface area (Å²) in [6.45, 7) is 0. The van der Waals surface area contributed by atoms with Gasteiger partial charge in [-0.15, -0.1) is 0 Å². The molecule has 3 heteroatoms. The van der Waals surface area contributed by atoms with Gasteiger partial charge >= 0.3 is 0 Å². The van der Waals surface area contributed by atoms with Crippen molar-refractivity contribution in [3.8, 4) is 0 Å². The van der Waals surface area contributed by atoms with Gasteiger partial charge in [0.2, 0.25) is 0 Å². The third kappa shape index (κ3) is 4.23. The molecule has 2 aliphatic heterocycles. The molecular formula is C36H28N2O. The monoisotopic (exact) mass is 504 g/mol. The Balaban J connectivity index is 1.53. The number of para-hydroxylation sites is 2. The average Bonchev–Trinajstić information content (AvgIpc) is 3.56. The smallest absolute Gasteiger partial charge is 0.126 e. The second kappa shape index (κ2) is 10.1. The van der Waals surface area contributed by atoms with E-state index in [1.807, 2.05) is 0 Å². The van der Waals surface area contributed by atoms with Crippen LogP contribution >= 0.6 is 0 Å². The number of anilines is 2. The van der Waals surface area contributed by atoms with Gasteiger partial charge in [0, 0.05) is 5.57 Å². The van der Waals surface area contributed by atoms with E-state index in [1.165, 1.54) is 5.57 Å². The molecule has 3 nitrogen and oxygen atoms in total. The Hall–Kier alpha value is -4.86. The third-order valence-electron chi connectivity index (χ3n) is 7.30. The minimum Gasteiger partial charge on any atom is -0.354 e. The molecule has 0 spiro atoms. The van der Waals surface area contributed by atoms with Crippen LogP contribution in [-0.4, -0.2) is 0 Å². The Morgan fingerprint density at radius 2 is 0.897 bits per heavy atom. The topological polar surface area (TPSA) is 15.7 Å². The van der Waals surface area contributed by atoms with E-state index in [4.69, 9.17) is 4.74 Å². The summed E-state index contributed by atoms with van der Waals surface area (Å²) in [6.07, 6.45) is 1.83. The Kier molecular flexibility index (Phi) is 6.04. The van der Waals surface area contributed by atoms with E-state index in [0.29, 0.717) is 0 Å². The van der Waals surface area contributed by atoms with E-state index >= 15 is 0 Å². The quantitative estimate of drug-likeness (QED) is 0.238. The van der Waals surface area contributed by atoms with Crippen molar-refractivity contribution in [1.29, 1.82) is 0 Å². The molecule has 0 radical (unpaired) electrons. The van der Waals surface area contributed by atoms with Crippen LogP contribution < -0.4 is 10.0 Å². The minimum absolute atomic E-state index is 0.221. The fraction of sp³-hybridized carbons (Fsp3) is 0.0556. The van der Waals surface area contributed by atoms with E-state index in [0.717, 1.165) is 39.5 Å². The van der Waals surface area contributed by atoms with Crippen molar-refractivity contribution >= 4 is 17.5 Å². The highest BCUT2D eigenvalue weighted by Crippen LogP contribution is 2.56. The maximum atomic E-state index is 7.02. The van der Waals surface area contributed by atoms with E-state index in [-0.39, 0.29) is 12.2 Å². The average molecular weight is 505 g/mol. The van der Waals surface area contributed by atoms with E-state index in [9.17, 15) is 0 Å². The molecule has 2 atom stereocenters. The summed E-state index contributed by atoms with van der Waals surface area (Å²) in [7, 11) is 0. The van der Waals surface area contributed by atoms with Crippen LogP contribution in [0.5, 0.6) is 0 Å². The maximum absolute atomic E-state index is 7.02. The second-order valence-corrected chi connectivity index (χ2v) is 9.75. The molecule has 0 amide bonds. The lowest BCUT2D eigenvalue weighted by Gasteiger charge is -2.37. The molecule has 2 aliphatic rings. The van der Waals surface area contributed by atoms with Crippen molar-refractivity contribution in [2.24, 2.45) is 0 Å². The summed E-state index contributed by atoms with van der Waals surface area (Å²) < 4.78 is 7.02. The first-order valence-electron chi connectivity index (χ1n) is 13.4. The van der Waals surface area contributed by atoms with Crippen molar-refractivity contribution in [2.45, 2.75) is 12.2 Å². The van der Waals surface area contributed by atoms with E-state index in [1.54, 1.807) is 0 Å². The molecule has 7 rings (SSSR count). The Morgan fingerprint density at radius 3 is 1.44 bits per heavy atom. The highest BCUT2D eigenvalue weighted by molar-refractivity contribution is 5.81. The highest BCUT2D eigenvalue weighted by Gasteiger charge is 2.49. The normalized spacial score (nSPS) is 19.5. The zero-order chi connectivity index (χ0) is 26.0. The predicted octanol–water partition coefficient (Wildman–Crippen LogP) is 8.74. The van der Waals surface area contributed by atoms with Crippen LogP contribution in [0.15, 0.2) is 169 Å². The molecule has 0 saturated heterocycles. The fourth-order valence-corrected chi connectivity index (χ4v) is 5.60. The number of ether oxygens (including phenoxy) is 1. The largest absolute Gasteiger partial charge is 0.354 e. The Morgan fingerprint density at radius 1 is 0.462 bits per heavy atom. The van der Waals surface area contributed by atoms with Crippen LogP contribution in [0.1, 0.15) is 28.9 Å². The maximum Gasteiger partial charge on any atom is 0.126 e. The van der Waals surface area contributed by atoms with Crippen LogP contribution in [0, 0.1) is 0 Å². The number of rotatable bonds is 5. The summed E-state index contributed by atoms with van der Waals surface area (Å²) in [4.78, 5) is 0. The van der Waals surface area contributed by atoms with Gasteiger partial charge in [0.1, 0.15) is 12.2 Å². The lowest BCUT2D eigenvalue weighted by molar-refractivity contribution is 0.0499. The number of hydrogen-bond acceptors (Lipinski definition) is 3. The summed E-state index contributed by atoms with van der Waals surface area (Å²) >= 11 is 0. The fourth-order valence-electron chi connectivity index (χ4n) is 5.60. The highest BCUT2D eigenvalue weighted by atomic mass is 16.5. The van der Waals surface area contributed by atoms with Crippen LogP contribution in [0.2, 0.25) is 0 Å². The SMILES string of the molecule is C(=C1\C2=C([C@H](c3ccccc3)O[C@@H]2c2ccccc2)N(c2ccccc2)N1c1ccccc1)/c1ccccc1. The van der Waals surface area contributed by atoms with Gasteiger partial charge in [0.15, 0.2) is 0 Å². The first-order valence-corrected chi connectivity index (χ1v) is 13.4. The summed E-state index contributed by atoms with van der Waals surface area (Å²) in [5.41, 5.74) is 9.05. The first kappa shape index (κ1) is 23.3. The zero-order valence-corrected chi connectivity index (χ0v) is 21.5. The molecule has 2 heterocycles. The standard InChI is InChI=1S/C36H28N2O/c1-6-16-27(17-7-1)26-32-33-34(38(31-24-14-5-15-25-31)37(32)30-22-12-4-13-23-30)36(29-20-10-3-11-21-29)39-35(33)28-18-8-2-9-19-28/h1-26,35-36H/b32-26-/t35-,36+/m1/s1. The summed E-state index contributed by atoms with van der Waals surface area (Å²) in [6, 6.07) is 52.9. The molecule has 0 aromatic heterocycles. The van der Waals surface area contributed by atoms with Gasteiger partial charge in [0.25, 0.3) is 0 Å². The third-order valence-corrected chi connectivity index (χ3v) is 7.30. The van der Waals surface area contributed by atoms with Crippen molar-refractivity contribution in [3.63, 3.8) is 0 Å². The van der Waals surface area contributed by atoms with Gasteiger partial charge in [-0.25, -0.2) is 10.0 Å². The minimum atomic E-state index is -0.237. The molecule has 0 bridgehead atoms. The van der Waals surface area contributed by atoms with Crippen LogP contribution in [0.25, 0.3) is 6.08 Å². The van der Waals surface area contributed by atoms with Gasteiger partial charge in [-0.3, -0.25) is 0 Å². The molecule has 0 aliphatic carbocycles. The van der Waals surface area contributed by atoms with E-state index < -0.39 is 0 Å². The van der Waals surface area contributed by atoms with Crippen LogP contribution in [-0.2, 0) is 4.74 Å². The van der Waals surface area contributed by atoms with E-state index in [2.05, 4.69) is 168 Å². The number of hydrazine groups is 1. The van der Waals surface area contributed by atoms with Crippen LogP contribution in [0.4, 0.5) is 11.4 Å². The lowest BCUT2D eigenvalue weighted by Crippen LogP contribution is -2.39. The van der Waals surface area contributed by atoms with Gasteiger partial charge in [-0.05, 0) is 47.0 Å². The second-order valence-electron chi connectivity index (χ2n) is 9.75. The first-order chi connectivity index (χ1) is 19.4. The molecule has 5 aromatic rings. The molecule has 0 unspecified atom stereocenters. The van der Waals surface area contributed by atoms with Gasteiger partial charge in [0.05, 0.1) is 22.8 Å². The lowest BCUT2D eigenvalue weighted by atomic mass is 9.96. The number of benzene rings is 5. The molecule has 39 heavy (non-hydrogen) atoms. The van der Waals surface area contributed by atoms with Crippen LogP contribution in [0.3, 0.4) is 0 Å². The van der Waals surface area contributed by atoms with Gasteiger partial charge in [-0.1, -0.05) is 127 Å². The number of hydrogen-bond donors (Lipinski definition) is 0. The zero-order valence-electron chi connectivity index (χ0n) is 21.5. The molecule has 0 N–H and O–H groups in total. The number of nitrogens with zero attached hydrogens (tertiary/aromatic N) is 2. The molecule has 5 aromatic carbocycles. The van der Waals surface area contributed by atoms with Crippen molar-refractivity contribution in [1.82, 2.24) is 0 Å². The predicted molar refractivity (Wildman–Crippen MR) is 159 cm³/mol. The summed E-state index contributed by atoms with van der Waals surface area (Å²) in [5, 5.41) is 4.70. The molecule has 0 fully saturated rings. The molecule has 188 valence electrons. The Labute approximate surface area is 229 Å². The molecule has 0 saturated carbocycles. The van der Waals surface area contributed by atoms with Gasteiger partial charge < -0.3 is 4.74 Å². The van der Waals surface area contributed by atoms with Gasteiger partial charge in [-0.2, -0.15) is 0 Å².